The maximum atomic E-state index is 11.5. The average molecular weight is 263 g/mol. The third-order valence-electron chi connectivity index (χ3n) is 3.34. The second kappa shape index (κ2) is 5.69. The number of carbonyl (C=O) groups excluding carboxylic acids is 1. The predicted molar refractivity (Wildman–Crippen MR) is 68.6 cm³/mol. The summed E-state index contributed by atoms with van der Waals surface area (Å²) in [7, 11) is 0. The number of carboxylic acid groups (broad SMARTS) is 1. The number of amides is 2. The zero-order chi connectivity index (χ0) is 13.7. The van der Waals surface area contributed by atoms with Crippen LogP contribution in [0.15, 0.2) is 24.5 Å². The number of hydrogen-bond acceptors (Lipinski definition) is 3. The van der Waals surface area contributed by atoms with Crippen molar-refractivity contribution in [2.45, 2.75) is 19.3 Å². The van der Waals surface area contributed by atoms with E-state index in [-0.39, 0.29) is 12.6 Å². The smallest absolute Gasteiger partial charge is 0.314 e. The highest BCUT2D eigenvalue weighted by Crippen LogP contribution is 2.45. The summed E-state index contributed by atoms with van der Waals surface area (Å²) in [4.78, 5) is 26.3. The molecule has 1 fully saturated rings. The molecule has 1 aliphatic carbocycles. The van der Waals surface area contributed by atoms with Gasteiger partial charge in [0.2, 0.25) is 0 Å². The van der Waals surface area contributed by atoms with E-state index in [4.69, 9.17) is 5.11 Å². The Morgan fingerprint density at radius 1 is 1.26 bits per heavy atom. The molecule has 1 aromatic rings. The zero-order valence-corrected chi connectivity index (χ0v) is 10.6. The molecule has 1 heterocycles. The first-order valence-corrected chi connectivity index (χ1v) is 6.26. The van der Waals surface area contributed by atoms with Crippen molar-refractivity contribution in [2.24, 2.45) is 5.41 Å². The second-order valence-corrected chi connectivity index (χ2v) is 4.80. The van der Waals surface area contributed by atoms with E-state index in [9.17, 15) is 9.59 Å². The van der Waals surface area contributed by atoms with Crippen LogP contribution in [0.2, 0.25) is 0 Å². The number of aromatic nitrogens is 1. The summed E-state index contributed by atoms with van der Waals surface area (Å²) in [5.74, 6) is -0.829. The van der Waals surface area contributed by atoms with Crippen molar-refractivity contribution in [3.05, 3.63) is 30.1 Å². The van der Waals surface area contributed by atoms with E-state index in [0.29, 0.717) is 19.4 Å². The molecule has 0 unspecified atom stereocenters. The van der Waals surface area contributed by atoms with Gasteiger partial charge >= 0.3 is 12.0 Å². The van der Waals surface area contributed by atoms with Crippen molar-refractivity contribution < 1.29 is 14.7 Å². The molecule has 1 aromatic heterocycles. The molecule has 0 saturated heterocycles. The highest BCUT2D eigenvalue weighted by atomic mass is 16.4. The molecule has 0 bridgehead atoms. The molecule has 2 amide bonds. The topological polar surface area (TPSA) is 91.3 Å². The number of carbonyl (C=O) groups is 2. The quantitative estimate of drug-likeness (QED) is 0.707. The first kappa shape index (κ1) is 13.3. The van der Waals surface area contributed by atoms with Crippen LogP contribution >= 0.6 is 0 Å². The fourth-order valence-electron chi connectivity index (χ4n) is 1.80. The third-order valence-corrected chi connectivity index (χ3v) is 3.34. The number of nitrogens with zero attached hydrogens (tertiary/aromatic N) is 1. The van der Waals surface area contributed by atoms with Crippen molar-refractivity contribution in [3.8, 4) is 0 Å². The summed E-state index contributed by atoms with van der Waals surface area (Å²) in [5.41, 5.74) is 0.377. The summed E-state index contributed by atoms with van der Waals surface area (Å²) in [6, 6.07) is 3.47. The lowest BCUT2D eigenvalue weighted by atomic mass is 10.1. The van der Waals surface area contributed by atoms with Crippen molar-refractivity contribution >= 4 is 12.0 Å². The fraction of sp³-hybridized carbons (Fsp3) is 0.462. The standard InChI is InChI=1S/C13H17N3O3/c17-11(18)13(4-5-13)9-16-12(19)15-8-3-10-1-6-14-7-2-10/h1-2,6-7H,3-5,8-9H2,(H,17,18)(H2,15,16,19). The first-order valence-electron chi connectivity index (χ1n) is 6.26. The van der Waals surface area contributed by atoms with Crippen LogP contribution in [0.25, 0.3) is 0 Å². The van der Waals surface area contributed by atoms with Crippen LogP contribution in [0.3, 0.4) is 0 Å². The van der Waals surface area contributed by atoms with Gasteiger partial charge in [0.15, 0.2) is 0 Å². The van der Waals surface area contributed by atoms with Gasteiger partial charge < -0.3 is 15.7 Å². The zero-order valence-electron chi connectivity index (χ0n) is 10.6. The Hall–Kier alpha value is -2.11. The molecule has 0 radical (unpaired) electrons. The molecule has 1 saturated carbocycles. The first-order chi connectivity index (χ1) is 9.12. The highest BCUT2D eigenvalue weighted by Gasteiger charge is 2.50. The monoisotopic (exact) mass is 263 g/mol. The fourth-order valence-corrected chi connectivity index (χ4v) is 1.80. The Bertz CT molecular complexity index is 457. The summed E-state index contributed by atoms with van der Waals surface area (Å²) in [6.45, 7) is 0.708. The summed E-state index contributed by atoms with van der Waals surface area (Å²) < 4.78 is 0. The molecule has 0 spiro atoms. The van der Waals surface area contributed by atoms with E-state index in [0.717, 1.165) is 12.0 Å². The van der Waals surface area contributed by atoms with Crippen LogP contribution in [0.1, 0.15) is 18.4 Å². The number of carboxylic acids is 1. The van der Waals surface area contributed by atoms with Gasteiger partial charge in [-0.15, -0.1) is 0 Å². The maximum Gasteiger partial charge on any atom is 0.314 e. The van der Waals surface area contributed by atoms with Gasteiger partial charge in [0.1, 0.15) is 0 Å². The molecule has 0 atom stereocenters. The Labute approximate surface area is 111 Å². The Morgan fingerprint density at radius 3 is 2.53 bits per heavy atom. The molecule has 0 aliphatic heterocycles. The van der Waals surface area contributed by atoms with Crippen LogP contribution in [0.5, 0.6) is 0 Å². The summed E-state index contributed by atoms with van der Waals surface area (Å²) in [6.07, 6.45) is 5.41. The SMILES string of the molecule is O=C(NCCc1ccncc1)NCC1(C(=O)O)CC1. The van der Waals surface area contributed by atoms with Crippen molar-refractivity contribution in [1.82, 2.24) is 15.6 Å². The number of hydrogen-bond donors (Lipinski definition) is 3. The molecular weight excluding hydrogens is 246 g/mol. The maximum absolute atomic E-state index is 11.5. The molecule has 102 valence electrons. The van der Waals surface area contributed by atoms with Gasteiger partial charge in [0.25, 0.3) is 0 Å². The molecule has 6 heteroatoms. The molecule has 3 N–H and O–H groups in total. The van der Waals surface area contributed by atoms with E-state index in [1.54, 1.807) is 12.4 Å². The van der Waals surface area contributed by atoms with Gasteiger partial charge in [0, 0.05) is 25.5 Å². The number of aliphatic carboxylic acids is 1. The minimum atomic E-state index is -0.829. The number of nitrogens with one attached hydrogen (secondary N) is 2. The van der Waals surface area contributed by atoms with E-state index in [1.807, 2.05) is 12.1 Å². The number of urea groups is 1. The number of rotatable bonds is 6. The van der Waals surface area contributed by atoms with Crippen LogP contribution in [-0.4, -0.2) is 35.2 Å². The van der Waals surface area contributed by atoms with Crippen LogP contribution < -0.4 is 10.6 Å². The molecule has 0 aromatic carbocycles. The van der Waals surface area contributed by atoms with Crippen LogP contribution in [-0.2, 0) is 11.2 Å². The van der Waals surface area contributed by atoms with Crippen molar-refractivity contribution in [1.29, 1.82) is 0 Å². The predicted octanol–water partition coefficient (Wildman–Crippen LogP) is 0.788. The summed E-state index contributed by atoms with van der Waals surface area (Å²) in [5, 5.41) is 14.3. The molecule has 1 aliphatic rings. The number of pyridine rings is 1. The third kappa shape index (κ3) is 3.67. The lowest BCUT2D eigenvalue weighted by Gasteiger charge is -2.12. The van der Waals surface area contributed by atoms with Crippen LogP contribution in [0, 0.1) is 5.41 Å². The Morgan fingerprint density at radius 2 is 1.95 bits per heavy atom. The molecular formula is C13H17N3O3. The van der Waals surface area contributed by atoms with E-state index in [1.165, 1.54) is 0 Å². The van der Waals surface area contributed by atoms with Gasteiger partial charge in [-0.25, -0.2) is 4.79 Å². The minimum absolute atomic E-state index is 0.198. The average Bonchev–Trinajstić information content (AvgIpc) is 3.19. The van der Waals surface area contributed by atoms with Gasteiger partial charge in [-0.2, -0.15) is 0 Å². The molecule has 19 heavy (non-hydrogen) atoms. The van der Waals surface area contributed by atoms with Gasteiger partial charge in [-0.1, -0.05) is 0 Å². The van der Waals surface area contributed by atoms with E-state index >= 15 is 0 Å². The Kier molecular flexibility index (Phi) is 3.99. The molecule has 6 nitrogen and oxygen atoms in total. The second-order valence-electron chi connectivity index (χ2n) is 4.80. The molecule has 2 rings (SSSR count). The largest absolute Gasteiger partial charge is 0.481 e. The minimum Gasteiger partial charge on any atom is -0.481 e. The normalized spacial score (nSPS) is 15.6. The van der Waals surface area contributed by atoms with Crippen LogP contribution in [0.4, 0.5) is 4.79 Å². The lowest BCUT2D eigenvalue weighted by Crippen LogP contribution is -2.41. The van der Waals surface area contributed by atoms with Crippen molar-refractivity contribution in [2.75, 3.05) is 13.1 Å². The van der Waals surface area contributed by atoms with Gasteiger partial charge in [-0.3, -0.25) is 9.78 Å². The van der Waals surface area contributed by atoms with E-state index < -0.39 is 11.4 Å². The summed E-state index contributed by atoms with van der Waals surface area (Å²) >= 11 is 0. The highest BCUT2D eigenvalue weighted by molar-refractivity contribution is 5.80. The van der Waals surface area contributed by atoms with Crippen molar-refractivity contribution in [3.63, 3.8) is 0 Å². The van der Waals surface area contributed by atoms with Gasteiger partial charge in [-0.05, 0) is 37.0 Å². The Balaban J connectivity index is 1.64. The lowest BCUT2D eigenvalue weighted by molar-refractivity contribution is -0.143. The van der Waals surface area contributed by atoms with Gasteiger partial charge in [0.05, 0.1) is 5.41 Å². The van der Waals surface area contributed by atoms with E-state index in [2.05, 4.69) is 15.6 Å².